The van der Waals surface area contributed by atoms with E-state index in [0.29, 0.717) is 18.4 Å². The largest absolute Gasteiger partial charge is 0.364 e. The van der Waals surface area contributed by atoms with E-state index >= 15 is 0 Å². The van der Waals surface area contributed by atoms with E-state index in [9.17, 15) is 4.79 Å². The zero-order chi connectivity index (χ0) is 13.6. The summed E-state index contributed by atoms with van der Waals surface area (Å²) < 4.78 is 0. The first kappa shape index (κ1) is 15.3. The first-order valence-corrected chi connectivity index (χ1v) is 7.62. The van der Waals surface area contributed by atoms with Gasteiger partial charge in [0.05, 0.1) is 0 Å². The average molecular weight is 271 g/mol. The molecule has 0 spiro atoms. The smallest absolute Gasteiger partial charge is 0.221 e. The Kier molecular flexibility index (Phi) is 5.99. The van der Waals surface area contributed by atoms with Gasteiger partial charge in [-0.05, 0) is 18.8 Å². The fourth-order valence-electron chi connectivity index (χ4n) is 1.48. The Hall–Kier alpha value is -0.710. The molecule has 1 unspecified atom stereocenters. The molecule has 104 valence electrons. The molecule has 1 amide bonds. The highest BCUT2D eigenvalue weighted by Gasteiger charge is 2.23. The fraction of sp³-hybridized carbons (Fsp3) is 0.846. The number of amidine groups is 1. The maximum Gasteiger partial charge on any atom is 0.221 e. The van der Waals surface area contributed by atoms with Gasteiger partial charge in [0.1, 0.15) is 0 Å². The second-order valence-electron chi connectivity index (χ2n) is 5.63. The van der Waals surface area contributed by atoms with Crippen molar-refractivity contribution in [2.75, 3.05) is 18.8 Å². The minimum Gasteiger partial charge on any atom is -0.364 e. The van der Waals surface area contributed by atoms with Crippen molar-refractivity contribution in [1.29, 1.82) is 0 Å². The van der Waals surface area contributed by atoms with Gasteiger partial charge < -0.3 is 10.6 Å². The molecule has 1 atom stereocenters. The maximum atomic E-state index is 11.6. The molecule has 0 aromatic rings. The summed E-state index contributed by atoms with van der Waals surface area (Å²) in [7, 11) is 0. The Morgan fingerprint density at radius 3 is 2.83 bits per heavy atom. The molecule has 0 saturated heterocycles. The predicted molar refractivity (Wildman–Crippen MR) is 79.1 cm³/mol. The van der Waals surface area contributed by atoms with Crippen molar-refractivity contribution in [3.63, 3.8) is 0 Å². The van der Waals surface area contributed by atoms with Crippen LogP contribution >= 0.6 is 11.8 Å². The highest BCUT2D eigenvalue weighted by Crippen LogP contribution is 2.26. The van der Waals surface area contributed by atoms with Gasteiger partial charge >= 0.3 is 0 Å². The molecular formula is C13H25N3OS. The third-order valence-corrected chi connectivity index (χ3v) is 4.37. The number of amides is 1. The van der Waals surface area contributed by atoms with Crippen LogP contribution in [-0.4, -0.2) is 36.0 Å². The molecule has 1 aliphatic rings. The average Bonchev–Trinajstić information content (AvgIpc) is 2.31. The first-order chi connectivity index (χ1) is 8.43. The normalized spacial score (nSPS) is 19.9. The molecule has 5 heteroatoms. The second kappa shape index (κ2) is 7.02. The number of thioether (sulfide) groups is 1. The van der Waals surface area contributed by atoms with Crippen LogP contribution in [0.4, 0.5) is 0 Å². The minimum atomic E-state index is 0.110. The number of carbonyl (C=O) groups is 1. The van der Waals surface area contributed by atoms with Crippen molar-refractivity contribution in [3.05, 3.63) is 0 Å². The van der Waals surface area contributed by atoms with Gasteiger partial charge in [-0.1, -0.05) is 32.5 Å². The molecule has 1 aliphatic heterocycles. The Balaban J connectivity index is 2.19. The van der Waals surface area contributed by atoms with Crippen LogP contribution < -0.4 is 10.6 Å². The van der Waals surface area contributed by atoms with E-state index in [1.807, 2.05) is 6.92 Å². The lowest BCUT2D eigenvalue weighted by Crippen LogP contribution is -2.36. The van der Waals surface area contributed by atoms with Gasteiger partial charge in [0.25, 0.3) is 0 Å². The zero-order valence-electron chi connectivity index (χ0n) is 11.9. The summed E-state index contributed by atoms with van der Waals surface area (Å²) in [5, 5.41) is 7.17. The molecule has 18 heavy (non-hydrogen) atoms. The molecule has 2 N–H and O–H groups in total. The maximum absolute atomic E-state index is 11.6. The van der Waals surface area contributed by atoms with Crippen LogP contribution in [0.5, 0.6) is 0 Å². The van der Waals surface area contributed by atoms with Gasteiger partial charge in [0, 0.05) is 31.3 Å². The number of nitrogens with zero attached hydrogens (tertiary/aromatic N) is 1. The second-order valence-corrected chi connectivity index (χ2v) is 6.59. The van der Waals surface area contributed by atoms with E-state index in [-0.39, 0.29) is 11.9 Å². The van der Waals surface area contributed by atoms with Crippen molar-refractivity contribution in [2.45, 2.75) is 46.6 Å². The Labute approximate surface area is 114 Å². The monoisotopic (exact) mass is 271 g/mol. The van der Waals surface area contributed by atoms with Gasteiger partial charge in [-0.2, -0.15) is 0 Å². The standard InChI is InChI=1S/C13H25N3OS/c1-5-10(2)16-11(17)6-7-14-12-15-8-13(3,4)9-18-12/h10H,5-9H2,1-4H3,(H,14,15)(H,16,17). The number of rotatable bonds is 5. The Morgan fingerprint density at radius 1 is 1.56 bits per heavy atom. The fourth-order valence-corrected chi connectivity index (χ4v) is 2.46. The van der Waals surface area contributed by atoms with E-state index in [1.165, 1.54) is 0 Å². The van der Waals surface area contributed by atoms with E-state index in [4.69, 9.17) is 0 Å². The van der Waals surface area contributed by atoms with Crippen molar-refractivity contribution in [3.8, 4) is 0 Å². The molecule has 0 aromatic heterocycles. The van der Waals surface area contributed by atoms with Crippen LogP contribution in [0.15, 0.2) is 4.99 Å². The number of hydrogen-bond acceptors (Lipinski definition) is 4. The predicted octanol–water partition coefficient (Wildman–Crippen LogP) is 2.01. The lowest BCUT2D eigenvalue weighted by molar-refractivity contribution is -0.121. The molecular weight excluding hydrogens is 246 g/mol. The van der Waals surface area contributed by atoms with Gasteiger partial charge in [0.15, 0.2) is 5.17 Å². The van der Waals surface area contributed by atoms with Gasteiger partial charge in [0.2, 0.25) is 5.91 Å². The van der Waals surface area contributed by atoms with Crippen molar-refractivity contribution >= 4 is 22.8 Å². The molecule has 0 aliphatic carbocycles. The number of nitrogens with one attached hydrogen (secondary N) is 2. The molecule has 0 aromatic carbocycles. The lowest BCUT2D eigenvalue weighted by Gasteiger charge is -2.27. The van der Waals surface area contributed by atoms with Crippen LogP contribution in [-0.2, 0) is 4.79 Å². The molecule has 4 nitrogen and oxygen atoms in total. The summed E-state index contributed by atoms with van der Waals surface area (Å²) in [6.07, 6.45) is 1.48. The Bertz CT molecular complexity index is 315. The van der Waals surface area contributed by atoms with Crippen LogP contribution in [0.3, 0.4) is 0 Å². The highest BCUT2D eigenvalue weighted by molar-refractivity contribution is 8.13. The van der Waals surface area contributed by atoms with Crippen molar-refractivity contribution in [2.24, 2.45) is 10.4 Å². The Morgan fingerprint density at radius 2 is 2.28 bits per heavy atom. The van der Waals surface area contributed by atoms with Crippen LogP contribution in [0.2, 0.25) is 0 Å². The van der Waals surface area contributed by atoms with E-state index in [2.05, 4.69) is 36.4 Å². The highest BCUT2D eigenvalue weighted by atomic mass is 32.2. The summed E-state index contributed by atoms with van der Waals surface area (Å²) in [6, 6.07) is 0.264. The number of aliphatic imine (C=N–C) groups is 1. The zero-order valence-corrected chi connectivity index (χ0v) is 12.7. The summed E-state index contributed by atoms with van der Waals surface area (Å²) in [5.74, 6) is 1.19. The van der Waals surface area contributed by atoms with E-state index < -0.39 is 0 Å². The van der Waals surface area contributed by atoms with Crippen molar-refractivity contribution < 1.29 is 4.79 Å². The summed E-state index contributed by atoms with van der Waals surface area (Å²) in [4.78, 5) is 16.1. The number of hydrogen-bond donors (Lipinski definition) is 2. The minimum absolute atomic E-state index is 0.110. The van der Waals surface area contributed by atoms with E-state index in [0.717, 1.165) is 23.9 Å². The molecule has 1 rings (SSSR count). The molecule has 0 saturated carbocycles. The van der Waals surface area contributed by atoms with Crippen molar-refractivity contribution in [1.82, 2.24) is 10.6 Å². The van der Waals surface area contributed by atoms with Crippen LogP contribution in [0.25, 0.3) is 0 Å². The molecule has 0 radical (unpaired) electrons. The molecule has 1 heterocycles. The summed E-state index contributed by atoms with van der Waals surface area (Å²) in [6.45, 7) is 10.1. The van der Waals surface area contributed by atoms with Crippen LogP contribution in [0.1, 0.15) is 40.5 Å². The van der Waals surface area contributed by atoms with E-state index in [1.54, 1.807) is 11.8 Å². The summed E-state index contributed by atoms with van der Waals surface area (Å²) in [5.41, 5.74) is 0.295. The number of carbonyl (C=O) groups excluding carboxylic acids is 1. The molecule has 0 bridgehead atoms. The topological polar surface area (TPSA) is 53.5 Å². The van der Waals surface area contributed by atoms with Gasteiger partial charge in [-0.15, -0.1) is 0 Å². The lowest BCUT2D eigenvalue weighted by atomic mass is 9.97. The van der Waals surface area contributed by atoms with Gasteiger partial charge in [-0.3, -0.25) is 9.79 Å². The third kappa shape index (κ3) is 5.76. The molecule has 0 fully saturated rings. The van der Waals surface area contributed by atoms with Crippen LogP contribution in [0, 0.1) is 5.41 Å². The third-order valence-electron chi connectivity index (χ3n) is 2.90. The first-order valence-electron chi connectivity index (χ1n) is 6.63. The SMILES string of the molecule is CCC(C)NC(=O)CCNC1=NCC(C)(C)CS1. The summed E-state index contributed by atoms with van der Waals surface area (Å²) >= 11 is 1.75. The van der Waals surface area contributed by atoms with Gasteiger partial charge in [-0.25, -0.2) is 0 Å². The quantitative estimate of drug-likeness (QED) is 0.804.